The van der Waals surface area contributed by atoms with Gasteiger partial charge >= 0.3 is 0 Å². The summed E-state index contributed by atoms with van der Waals surface area (Å²) in [5.41, 5.74) is 0. The van der Waals surface area contributed by atoms with E-state index in [9.17, 15) is 4.79 Å². The van der Waals surface area contributed by atoms with Gasteiger partial charge in [-0.05, 0) is 31.4 Å². The van der Waals surface area contributed by atoms with Gasteiger partial charge in [-0.1, -0.05) is 18.0 Å². The predicted molar refractivity (Wildman–Crippen MR) is 63.4 cm³/mol. The Morgan fingerprint density at radius 1 is 1.53 bits per heavy atom. The predicted octanol–water partition coefficient (Wildman–Crippen LogP) is 2.86. The van der Waals surface area contributed by atoms with Crippen LogP contribution in [0.5, 0.6) is 0 Å². The highest BCUT2D eigenvalue weighted by atomic mass is 35.5. The molecule has 2 nitrogen and oxygen atoms in total. The minimum atomic E-state index is 0.226. The number of carbonyl (C=O) groups is 1. The maximum atomic E-state index is 11.5. The summed E-state index contributed by atoms with van der Waals surface area (Å²) >= 11 is 7.40. The third kappa shape index (κ3) is 2.95. The van der Waals surface area contributed by atoms with Crippen molar-refractivity contribution in [3.8, 4) is 0 Å². The van der Waals surface area contributed by atoms with Gasteiger partial charge in [0.15, 0.2) is 0 Å². The van der Waals surface area contributed by atoms with Gasteiger partial charge in [0.05, 0.1) is 4.34 Å². The van der Waals surface area contributed by atoms with Gasteiger partial charge in [-0.2, -0.15) is 0 Å². The molecule has 2 rings (SSSR count). The number of thiophene rings is 1. The van der Waals surface area contributed by atoms with Crippen LogP contribution in [-0.4, -0.2) is 12.5 Å². The van der Waals surface area contributed by atoms with E-state index in [1.807, 2.05) is 12.1 Å². The fourth-order valence-electron chi connectivity index (χ4n) is 1.61. The van der Waals surface area contributed by atoms with Gasteiger partial charge < -0.3 is 5.32 Å². The lowest BCUT2D eigenvalue weighted by atomic mass is 9.85. The molecule has 1 amide bonds. The highest BCUT2D eigenvalue weighted by molar-refractivity contribution is 7.16. The second kappa shape index (κ2) is 4.99. The molecule has 1 heterocycles. The number of hydrogen-bond donors (Lipinski definition) is 1. The summed E-state index contributed by atoms with van der Waals surface area (Å²) in [6.45, 7) is 0.728. The van der Waals surface area contributed by atoms with E-state index in [1.165, 1.54) is 11.3 Å². The van der Waals surface area contributed by atoms with Gasteiger partial charge in [-0.25, -0.2) is 0 Å². The van der Waals surface area contributed by atoms with Crippen molar-refractivity contribution in [1.82, 2.24) is 5.32 Å². The van der Waals surface area contributed by atoms with E-state index in [0.29, 0.717) is 0 Å². The maximum absolute atomic E-state index is 11.5. The summed E-state index contributed by atoms with van der Waals surface area (Å²) in [5, 5.41) is 2.97. The Balaban J connectivity index is 1.68. The number of halogens is 1. The van der Waals surface area contributed by atoms with Gasteiger partial charge in [0, 0.05) is 17.3 Å². The molecule has 1 aliphatic rings. The van der Waals surface area contributed by atoms with Crippen molar-refractivity contribution >= 4 is 28.8 Å². The van der Waals surface area contributed by atoms with Crippen LogP contribution in [0.1, 0.15) is 24.1 Å². The van der Waals surface area contributed by atoms with Crippen LogP contribution in [0.4, 0.5) is 0 Å². The molecular formula is C11H14ClNOS. The van der Waals surface area contributed by atoms with E-state index in [4.69, 9.17) is 11.6 Å². The molecule has 0 atom stereocenters. The fourth-order valence-corrected chi connectivity index (χ4v) is 2.70. The van der Waals surface area contributed by atoms with E-state index in [0.717, 1.165) is 30.1 Å². The first kappa shape index (κ1) is 11.0. The molecule has 4 heteroatoms. The zero-order valence-corrected chi connectivity index (χ0v) is 10.0. The molecule has 0 saturated heterocycles. The summed E-state index contributed by atoms with van der Waals surface area (Å²) < 4.78 is 0.815. The summed E-state index contributed by atoms with van der Waals surface area (Å²) in [6.07, 6.45) is 4.22. The summed E-state index contributed by atoms with van der Waals surface area (Å²) in [7, 11) is 0. The maximum Gasteiger partial charge on any atom is 0.223 e. The number of nitrogens with one attached hydrogen (secondary N) is 1. The molecule has 1 fully saturated rings. The van der Waals surface area contributed by atoms with Crippen LogP contribution >= 0.6 is 22.9 Å². The number of rotatable bonds is 4. The normalized spacial score (nSPS) is 16.1. The summed E-state index contributed by atoms with van der Waals surface area (Å²) in [4.78, 5) is 12.7. The SMILES string of the molecule is O=C(NCCc1ccc(Cl)s1)C1CCC1. The number of hydrogen-bond acceptors (Lipinski definition) is 2. The van der Waals surface area contributed by atoms with Crippen LogP contribution in [0, 0.1) is 5.92 Å². The molecule has 0 bridgehead atoms. The Kier molecular flexibility index (Phi) is 3.65. The van der Waals surface area contributed by atoms with E-state index in [1.54, 1.807) is 11.3 Å². The zero-order valence-electron chi connectivity index (χ0n) is 8.46. The average molecular weight is 244 g/mol. The Labute approximate surface area is 98.6 Å². The van der Waals surface area contributed by atoms with Gasteiger partial charge in [0.25, 0.3) is 0 Å². The molecule has 1 aromatic heterocycles. The standard InChI is InChI=1S/C11H14ClNOS/c12-10-5-4-9(15-10)6-7-13-11(14)8-2-1-3-8/h4-5,8H,1-3,6-7H2,(H,13,14). The summed E-state index contributed by atoms with van der Waals surface area (Å²) in [5.74, 6) is 0.515. The van der Waals surface area contributed by atoms with Crippen LogP contribution in [0.15, 0.2) is 12.1 Å². The molecule has 15 heavy (non-hydrogen) atoms. The molecule has 82 valence electrons. The Hall–Kier alpha value is -0.540. The molecule has 0 spiro atoms. The smallest absolute Gasteiger partial charge is 0.223 e. The van der Waals surface area contributed by atoms with Crippen molar-refractivity contribution in [2.75, 3.05) is 6.54 Å². The molecule has 1 N–H and O–H groups in total. The van der Waals surface area contributed by atoms with Crippen LogP contribution in [0.25, 0.3) is 0 Å². The van der Waals surface area contributed by atoms with Crippen molar-refractivity contribution in [3.05, 3.63) is 21.3 Å². The fraction of sp³-hybridized carbons (Fsp3) is 0.545. The number of carbonyl (C=O) groups excluding carboxylic acids is 1. The quantitative estimate of drug-likeness (QED) is 0.866. The molecule has 0 radical (unpaired) electrons. The first-order chi connectivity index (χ1) is 7.25. The molecule has 0 unspecified atom stereocenters. The second-order valence-corrected chi connectivity index (χ2v) is 5.67. The highest BCUT2D eigenvalue weighted by Gasteiger charge is 2.24. The summed E-state index contributed by atoms with van der Waals surface area (Å²) in [6, 6.07) is 3.91. The molecule has 0 aromatic carbocycles. The Bertz CT molecular complexity index is 346. The van der Waals surface area contributed by atoms with Crippen LogP contribution in [0.2, 0.25) is 4.34 Å². The Morgan fingerprint density at radius 2 is 2.33 bits per heavy atom. The highest BCUT2D eigenvalue weighted by Crippen LogP contribution is 2.26. The first-order valence-corrected chi connectivity index (χ1v) is 6.47. The van der Waals surface area contributed by atoms with E-state index >= 15 is 0 Å². The van der Waals surface area contributed by atoms with Crippen LogP contribution in [0.3, 0.4) is 0 Å². The largest absolute Gasteiger partial charge is 0.356 e. The third-order valence-corrected chi connectivity index (χ3v) is 4.07. The monoisotopic (exact) mass is 243 g/mol. The molecule has 1 aliphatic carbocycles. The van der Waals surface area contributed by atoms with Crippen molar-refractivity contribution in [1.29, 1.82) is 0 Å². The minimum absolute atomic E-state index is 0.226. The van der Waals surface area contributed by atoms with Crippen molar-refractivity contribution in [3.63, 3.8) is 0 Å². The van der Waals surface area contributed by atoms with Crippen molar-refractivity contribution < 1.29 is 4.79 Å². The van der Waals surface area contributed by atoms with Crippen LogP contribution in [-0.2, 0) is 11.2 Å². The number of amides is 1. The van der Waals surface area contributed by atoms with Crippen molar-refractivity contribution in [2.45, 2.75) is 25.7 Å². The lowest BCUT2D eigenvalue weighted by Gasteiger charge is -2.23. The minimum Gasteiger partial charge on any atom is -0.356 e. The lowest BCUT2D eigenvalue weighted by molar-refractivity contribution is -0.127. The molecular weight excluding hydrogens is 230 g/mol. The average Bonchev–Trinajstić information content (AvgIpc) is 2.48. The first-order valence-electron chi connectivity index (χ1n) is 5.27. The van der Waals surface area contributed by atoms with Gasteiger partial charge in [-0.3, -0.25) is 4.79 Å². The topological polar surface area (TPSA) is 29.1 Å². The lowest BCUT2D eigenvalue weighted by Crippen LogP contribution is -2.35. The van der Waals surface area contributed by atoms with Gasteiger partial charge in [-0.15, -0.1) is 11.3 Å². The van der Waals surface area contributed by atoms with E-state index in [-0.39, 0.29) is 11.8 Å². The molecule has 1 saturated carbocycles. The van der Waals surface area contributed by atoms with Crippen LogP contribution < -0.4 is 5.32 Å². The van der Waals surface area contributed by atoms with E-state index < -0.39 is 0 Å². The Morgan fingerprint density at radius 3 is 2.87 bits per heavy atom. The van der Waals surface area contributed by atoms with E-state index in [2.05, 4.69) is 5.32 Å². The zero-order chi connectivity index (χ0) is 10.7. The molecule has 0 aliphatic heterocycles. The van der Waals surface area contributed by atoms with Gasteiger partial charge in [0.2, 0.25) is 5.91 Å². The van der Waals surface area contributed by atoms with Crippen molar-refractivity contribution in [2.24, 2.45) is 5.92 Å². The third-order valence-electron chi connectivity index (χ3n) is 2.78. The second-order valence-electron chi connectivity index (χ2n) is 3.87. The molecule has 1 aromatic rings. The van der Waals surface area contributed by atoms with Gasteiger partial charge in [0.1, 0.15) is 0 Å².